The van der Waals surface area contributed by atoms with Crippen LogP contribution in [-0.2, 0) is 5.54 Å². The van der Waals surface area contributed by atoms with Gasteiger partial charge in [0.05, 0.1) is 0 Å². The second kappa shape index (κ2) is 6.87. The zero-order valence-corrected chi connectivity index (χ0v) is 16.0. The van der Waals surface area contributed by atoms with E-state index in [-0.39, 0.29) is 11.4 Å². The van der Waals surface area contributed by atoms with Gasteiger partial charge in [0, 0.05) is 22.7 Å². The van der Waals surface area contributed by atoms with Crippen LogP contribution in [0.1, 0.15) is 33.8 Å². The number of benzene rings is 4. The van der Waals surface area contributed by atoms with E-state index in [1.165, 1.54) is 11.1 Å². The number of hydrogen-bond donors (Lipinski definition) is 2. The molecule has 1 saturated carbocycles. The fraction of sp³-hybridized carbons (Fsp3) is 0.115. The van der Waals surface area contributed by atoms with Gasteiger partial charge in [0.15, 0.2) is 0 Å². The van der Waals surface area contributed by atoms with Crippen molar-refractivity contribution in [3.63, 3.8) is 0 Å². The summed E-state index contributed by atoms with van der Waals surface area (Å²) in [5, 5.41) is 5.04. The minimum absolute atomic E-state index is 0.0987. The molecule has 0 spiro atoms. The summed E-state index contributed by atoms with van der Waals surface area (Å²) in [4.78, 5) is 12.8. The number of nitrogens with two attached hydrogens (primary N) is 1. The first-order valence-electron chi connectivity index (χ1n) is 9.89. The van der Waals surface area contributed by atoms with Gasteiger partial charge in [0.2, 0.25) is 0 Å². The molecule has 29 heavy (non-hydrogen) atoms. The molecule has 142 valence electrons. The van der Waals surface area contributed by atoms with E-state index in [9.17, 15) is 4.79 Å². The first kappa shape index (κ1) is 17.7. The summed E-state index contributed by atoms with van der Waals surface area (Å²) >= 11 is 0. The maximum atomic E-state index is 12.8. The Kier molecular flexibility index (Phi) is 4.18. The molecule has 0 aromatic heterocycles. The van der Waals surface area contributed by atoms with Crippen molar-refractivity contribution in [1.29, 1.82) is 0 Å². The quantitative estimate of drug-likeness (QED) is 0.497. The van der Waals surface area contributed by atoms with Crippen molar-refractivity contribution in [2.75, 3.05) is 5.32 Å². The van der Waals surface area contributed by atoms with Crippen LogP contribution in [0.3, 0.4) is 0 Å². The Labute approximate surface area is 170 Å². The van der Waals surface area contributed by atoms with Crippen molar-refractivity contribution in [3.8, 4) is 0 Å². The number of amides is 1. The Bertz CT molecular complexity index is 1180. The van der Waals surface area contributed by atoms with E-state index in [0.29, 0.717) is 11.5 Å². The van der Waals surface area contributed by atoms with Gasteiger partial charge in [-0.3, -0.25) is 4.79 Å². The van der Waals surface area contributed by atoms with Gasteiger partial charge in [-0.1, -0.05) is 78.9 Å². The number of rotatable bonds is 4. The molecule has 3 nitrogen and oxygen atoms in total. The fourth-order valence-electron chi connectivity index (χ4n) is 4.18. The van der Waals surface area contributed by atoms with Crippen molar-refractivity contribution >= 4 is 22.4 Å². The highest BCUT2D eigenvalue weighted by Gasteiger charge is 2.52. The van der Waals surface area contributed by atoms with Crippen LogP contribution in [0, 0.1) is 0 Å². The summed E-state index contributed by atoms with van der Waals surface area (Å²) in [5.41, 5.74) is 10.2. The molecule has 0 aliphatic heterocycles. The Morgan fingerprint density at radius 1 is 0.828 bits per heavy atom. The summed E-state index contributed by atoms with van der Waals surface area (Å²) < 4.78 is 0. The van der Waals surface area contributed by atoms with E-state index in [1.807, 2.05) is 72.8 Å². The molecule has 0 radical (unpaired) electrons. The third-order valence-electron chi connectivity index (χ3n) is 5.92. The van der Waals surface area contributed by atoms with E-state index >= 15 is 0 Å². The standard InChI is InChI=1S/C26H22N2O/c27-26(20-9-2-1-3-10-20)17-24(26)19-13-15-21(16-14-19)28-25(29)23-12-6-8-18-7-4-5-11-22(18)23/h1-16,24H,17,27H2,(H,28,29)/t24-,26-/m0/s1. The Morgan fingerprint density at radius 2 is 1.52 bits per heavy atom. The van der Waals surface area contributed by atoms with Gasteiger partial charge in [-0.05, 0) is 46.5 Å². The lowest BCUT2D eigenvalue weighted by Gasteiger charge is -2.13. The average molecular weight is 378 g/mol. The average Bonchev–Trinajstić information content (AvgIpc) is 3.47. The van der Waals surface area contributed by atoms with E-state index in [2.05, 4.69) is 29.6 Å². The largest absolute Gasteiger partial charge is 0.322 e. The number of nitrogens with one attached hydrogen (secondary N) is 1. The second-order valence-corrected chi connectivity index (χ2v) is 7.77. The minimum atomic E-state index is -0.283. The van der Waals surface area contributed by atoms with Gasteiger partial charge in [-0.15, -0.1) is 0 Å². The lowest BCUT2D eigenvalue weighted by molar-refractivity contribution is 0.102. The number of anilines is 1. The van der Waals surface area contributed by atoms with Gasteiger partial charge >= 0.3 is 0 Å². The fourth-order valence-corrected chi connectivity index (χ4v) is 4.18. The summed E-state index contributed by atoms with van der Waals surface area (Å²) in [5.74, 6) is 0.214. The molecule has 0 unspecified atom stereocenters. The van der Waals surface area contributed by atoms with Crippen molar-refractivity contribution < 1.29 is 4.79 Å². The van der Waals surface area contributed by atoms with Crippen LogP contribution < -0.4 is 11.1 Å². The highest BCUT2D eigenvalue weighted by molar-refractivity contribution is 6.12. The molecule has 0 bridgehead atoms. The van der Waals surface area contributed by atoms with Crippen molar-refractivity contribution in [3.05, 3.63) is 114 Å². The molecular formula is C26H22N2O. The van der Waals surface area contributed by atoms with E-state index in [4.69, 9.17) is 5.73 Å². The number of hydrogen-bond acceptors (Lipinski definition) is 2. The molecule has 2 atom stereocenters. The number of carbonyl (C=O) groups is 1. The predicted octanol–water partition coefficient (Wildman–Crippen LogP) is 5.43. The summed E-state index contributed by atoms with van der Waals surface area (Å²) in [6.45, 7) is 0. The molecule has 1 fully saturated rings. The Morgan fingerprint density at radius 3 is 2.31 bits per heavy atom. The number of fused-ring (bicyclic) bond motifs is 1. The maximum absolute atomic E-state index is 12.8. The van der Waals surface area contributed by atoms with Crippen molar-refractivity contribution in [1.82, 2.24) is 0 Å². The Balaban J connectivity index is 1.33. The van der Waals surface area contributed by atoms with Crippen LogP contribution in [-0.4, -0.2) is 5.91 Å². The molecule has 0 saturated heterocycles. The van der Waals surface area contributed by atoms with E-state index < -0.39 is 0 Å². The lowest BCUT2D eigenvalue weighted by Crippen LogP contribution is -2.21. The Hall–Kier alpha value is -3.43. The first-order chi connectivity index (χ1) is 14.1. The van der Waals surface area contributed by atoms with Crippen LogP contribution in [0.2, 0.25) is 0 Å². The van der Waals surface area contributed by atoms with E-state index in [1.54, 1.807) is 0 Å². The molecule has 1 amide bonds. The predicted molar refractivity (Wildman–Crippen MR) is 118 cm³/mol. The summed E-state index contributed by atoms with van der Waals surface area (Å²) in [6.07, 6.45) is 0.943. The zero-order valence-electron chi connectivity index (χ0n) is 16.0. The molecule has 0 heterocycles. The third-order valence-corrected chi connectivity index (χ3v) is 5.92. The molecule has 4 aromatic rings. The first-order valence-corrected chi connectivity index (χ1v) is 9.89. The zero-order chi connectivity index (χ0) is 19.8. The van der Waals surface area contributed by atoms with Crippen LogP contribution >= 0.6 is 0 Å². The smallest absolute Gasteiger partial charge is 0.256 e. The molecular weight excluding hydrogens is 356 g/mol. The molecule has 4 aromatic carbocycles. The van der Waals surface area contributed by atoms with Crippen LogP contribution in [0.15, 0.2) is 97.1 Å². The van der Waals surface area contributed by atoms with Crippen LogP contribution in [0.25, 0.3) is 10.8 Å². The highest BCUT2D eigenvalue weighted by atomic mass is 16.1. The molecule has 3 N–H and O–H groups in total. The van der Waals surface area contributed by atoms with Gasteiger partial charge in [0.1, 0.15) is 0 Å². The minimum Gasteiger partial charge on any atom is -0.322 e. The third kappa shape index (κ3) is 3.20. The topological polar surface area (TPSA) is 55.1 Å². The summed E-state index contributed by atoms with van der Waals surface area (Å²) in [6, 6.07) is 32.0. The maximum Gasteiger partial charge on any atom is 0.256 e. The van der Waals surface area contributed by atoms with Crippen molar-refractivity contribution in [2.24, 2.45) is 5.73 Å². The van der Waals surface area contributed by atoms with Crippen LogP contribution in [0.5, 0.6) is 0 Å². The van der Waals surface area contributed by atoms with E-state index in [0.717, 1.165) is 22.9 Å². The van der Waals surface area contributed by atoms with Crippen molar-refractivity contribution in [2.45, 2.75) is 17.9 Å². The summed E-state index contributed by atoms with van der Waals surface area (Å²) in [7, 11) is 0. The van der Waals surface area contributed by atoms with Crippen LogP contribution in [0.4, 0.5) is 5.69 Å². The highest BCUT2D eigenvalue weighted by Crippen LogP contribution is 2.56. The normalized spacial score (nSPS) is 20.4. The molecule has 1 aliphatic rings. The van der Waals surface area contributed by atoms with Gasteiger partial charge in [0.25, 0.3) is 5.91 Å². The number of carbonyl (C=O) groups excluding carboxylic acids is 1. The second-order valence-electron chi connectivity index (χ2n) is 7.77. The van der Waals surface area contributed by atoms with Gasteiger partial charge in [-0.25, -0.2) is 0 Å². The monoisotopic (exact) mass is 378 g/mol. The van der Waals surface area contributed by atoms with Gasteiger partial charge in [-0.2, -0.15) is 0 Å². The molecule has 3 heteroatoms. The lowest BCUT2D eigenvalue weighted by atomic mass is 9.99. The van der Waals surface area contributed by atoms with Gasteiger partial charge < -0.3 is 11.1 Å². The molecule has 5 rings (SSSR count). The SMILES string of the molecule is N[C@]1(c2ccccc2)C[C@H]1c1ccc(NC(=O)c2cccc3ccccc23)cc1. The molecule has 1 aliphatic carbocycles.